The minimum absolute atomic E-state index is 0.682. The van der Waals surface area contributed by atoms with Gasteiger partial charge in [-0.2, -0.15) is 0 Å². The minimum atomic E-state index is 0.682. The van der Waals surface area contributed by atoms with E-state index in [0.717, 1.165) is 0 Å². The van der Waals surface area contributed by atoms with Crippen LogP contribution in [0.25, 0.3) is 0 Å². The number of ether oxygens (including phenoxy) is 1. The Morgan fingerprint density at radius 2 is 2.43 bits per heavy atom. The summed E-state index contributed by atoms with van der Waals surface area (Å²) in [4.78, 5) is 0. The van der Waals surface area contributed by atoms with E-state index >= 15 is 0 Å². The van der Waals surface area contributed by atoms with E-state index in [9.17, 15) is 0 Å². The summed E-state index contributed by atoms with van der Waals surface area (Å²) in [6.45, 7) is 4.37. The molecule has 0 saturated carbocycles. The molecule has 42 valence electrons. The van der Waals surface area contributed by atoms with E-state index in [1.807, 2.05) is 6.92 Å². The molecular weight excluding hydrogens is 112 g/mol. The maximum absolute atomic E-state index is 5.39. The topological polar surface area (TPSA) is 9.23 Å². The number of rotatable bonds is 2. The Balaban J connectivity index is 3.08. The third kappa shape index (κ3) is 5.83. The van der Waals surface area contributed by atoms with Gasteiger partial charge in [-0.3, -0.25) is 0 Å². The molecule has 0 N–H and O–H groups in total. The van der Waals surface area contributed by atoms with E-state index in [-0.39, 0.29) is 0 Å². The highest BCUT2D eigenvalue weighted by Gasteiger charge is 1.74. The molecule has 0 aliphatic carbocycles. The lowest BCUT2D eigenvalue weighted by Crippen LogP contribution is -1.76. The second-order valence-corrected chi connectivity index (χ2v) is 1.76. The summed E-state index contributed by atoms with van der Waals surface area (Å²) < 4.78 is 4.80. The molecule has 1 nitrogen and oxygen atoms in total. The first kappa shape index (κ1) is 6.83. The van der Waals surface area contributed by atoms with Crippen LogP contribution in [0, 0.1) is 0 Å². The summed E-state index contributed by atoms with van der Waals surface area (Å²) in [5.41, 5.74) is 0. The molecule has 0 fully saturated rings. The van der Waals surface area contributed by atoms with Crippen molar-refractivity contribution < 1.29 is 4.74 Å². The lowest BCUT2D eigenvalue weighted by Gasteiger charge is -1.90. The fourth-order valence-electron chi connectivity index (χ4n) is 0.198. The maximum atomic E-state index is 5.39. The van der Waals surface area contributed by atoms with Crippen molar-refractivity contribution in [1.82, 2.24) is 0 Å². The van der Waals surface area contributed by atoms with Crippen molar-refractivity contribution in [2.75, 3.05) is 6.61 Å². The lowest BCUT2D eigenvalue weighted by atomic mass is 10.7. The van der Waals surface area contributed by atoms with Crippen LogP contribution >= 0.6 is 11.6 Å². The van der Waals surface area contributed by atoms with E-state index < -0.39 is 0 Å². The van der Waals surface area contributed by atoms with Gasteiger partial charge in [0, 0.05) is 5.03 Å². The SMILES string of the molecule is CCO/C=C(/C)Cl. The van der Waals surface area contributed by atoms with Crippen LogP contribution < -0.4 is 0 Å². The van der Waals surface area contributed by atoms with Gasteiger partial charge in [-0.1, -0.05) is 11.6 Å². The molecule has 0 spiro atoms. The Morgan fingerprint density at radius 3 is 2.57 bits per heavy atom. The molecule has 0 aromatic rings. The average molecular weight is 121 g/mol. The summed E-state index contributed by atoms with van der Waals surface area (Å²) >= 11 is 5.39. The highest BCUT2D eigenvalue weighted by atomic mass is 35.5. The van der Waals surface area contributed by atoms with Gasteiger partial charge in [0.15, 0.2) is 0 Å². The second kappa shape index (κ2) is 4.00. The van der Waals surface area contributed by atoms with Gasteiger partial charge in [0.05, 0.1) is 12.9 Å². The lowest BCUT2D eigenvalue weighted by molar-refractivity contribution is 0.268. The van der Waals surface area contributed by atoms with Crippen molar-refractivity contribution in [2.24, 2.45) is 0 Å². The maximum Gasteiger partial charge on any atom is 0.0970 e. The van der Waals surface area contributed by atoms with Crippen LogP contribution in [0.15, 0.2) is 11.3 Å². The fourth-order valence-corrected chi connectivity index (χ4v) is 0.261. The Labute approximate surface area is 48.9 Å². The standard InChI is InChI=1S/C5H9ClO/c1-3-7-4-5(2)6/h4H,3H2,1-2H3/b5-4-. The molecule has 0 radical (unpaired) electrons. The van der Waals surface area contributed by atoms with Crippen LogP contribution in [0.5, 0.6) is 0 Å². The van der Waals surface area contributed by atoms with Crippen molar-refractivity contribution in [3.05, 3.63) is 11.3 Å². The molecule has 2 heteroatoms. The van der Waals surface area contributed by atoms with Gasteiger partial charge in [0.2, 0.25) is 0 Å². The van der Waals surface area contributed by atoms with Crippen LogP contribution in [0.3, 0.4) is 0 Å². The molecular formula is C5H9ClO. The van der Waals surface area contributed by atoms with Gasteiger partial charge < -0.3 is 4.74 Å². The second-order valence-electron chi connectivity index (χ2n) is 1.16. The van der Waals surface area contributed by atoms with Crippen LogP contribution in [-0.2, 0) is 4.74 Å². The van der Waals surface area contributed by atoms with E-state index in [4.69, 9.17) is 16.3 Å². The fraction of sp³-hybridized carbons (Fsp3) is 0.600. The van der Waals surface area contributed by atoms with Crippen LogP contribution in [0.2, 0.25) is 0 Å². The normalized spacial score (nSPS) is 11.6. The summed E-state index contributed by atoms with van der Waals surface area (Å²) in [6, 6.07) is 0. The molecule has 0 aliphatic heterocycles. The number of allylic oxidation sites excluding steroid dienone is 1. The molecule has 0 rings (SSSR count). The summed E-state index contributed by atoms with van der Waals surface area (Å²) in [6.07, 6.45) is 1.53. The van der Waals surface area contributed by atoms with E-state index in [0.29, 0.717) is 11.6 Å². The summed E-state index contributed by atoms with van der Waals surface area (Å²) in [5.74, 6) is 0. The molecule has 0 aromatic heterocycles. The predicted octanol–water partition coefficient (Wildman–Crippen LogP) is 2.12. The van der Waals surface area contributed by atoms with E-state index in [1.165, 1.54) is 6.26 Å². The quantitative estimate of drug-likeness (QED) is 0.508. The van der Waals surface area contributed by atoms with Crippen LogP contribution in [-0.4, -0.2) is 6.61 Å². The first-order valence-electron chi connectivity index (χ1n) is 2.21. The zero-order chi connectivity index (χ0) is 5.70. The van der Waals surface area contributed by atoms with Gasteiger partial charge in [-0.05, 0) is 13.8 Å². The molecule has 0 unspecified atom stereocenters. The molecule has 7 heavy (non-hydrogen) atoms. The average Bonchev–Trinajstić information content (AvgIpc) is 1.61. The third-order valence-electron chi connectivity index (χ3n) is 0.412. The van der Waals surface area contributed by atoms with Gasteiger partial charge in [-0.25, -0.2) is 0 Å². The monoisotopic (exact) mass is 120 g/mol. The highest BCUT2D eigenvalue weighted by molar-refractivity contribution is 6.29. The third-order valence-corrected chi connectivity index (χ3v) is 0.501. The van der Waals surface area contributed by atoms with E-state index in [2.05, 4.69) is 0 Å². The zero-order valence-electron chi connectivity index (χ0n) is 4.57. The van der Waals surface area contributed by atoms with Crippen molar-refractivity contribution in [2.45, 2.75) is 13.8 Å². The first-order chi connectivity index (χ1) is 3.27. The van der Waals surface area contributed by atoms with Crippen molar-refractivity contribution in [3.63, 3.8) is 0 Å². The smallest absolute Gasteiger partial charge is 0.0970 e. The van der Waals surface area contributed by atoms with E-state index in [1.54, 1.807) is 6.92 Å². The van der Waals surface area contributed by atoms with Crippen molar-refractivity contribution in [3.8, 4) is 0 Å². The Bertz CT molecular complexity index is 64.5. The zero-order valence-corrected chi connectivity index (χ0v) is 5.33. The van der Waals surface area contributed by atoms with Gasteiger partial charge in [0.1, 0.15) is 0 Å². The number of hydrogen-bond donors (Lipinski definition) is 0. The van der Waals surface area contributed by atoms with Gasteiger partial charge in [0.25, 0.3) is 0 Å². The van der Waals surface area contributed by atoms with Crippen molar-refractivity contribution in [1.29, 1.82) is 0 Å². The molecule has 0 amide bonds. The molecule has 0 bridgehead atoms. The summed E-state index contributed by atoms with van der Waals surface area (Å²) in [7, 11) is 0. The Kier molecular flexibility index (Phi) is 3.90. The Morgan fingerprint density at radius 1 is 1.86 bits per heavy atom. The number of halogens is 1. The molecule has 0 atom stereocenters. The first-order valence-corrected chi connectivity index (χ1v) is 2.59. The summed E-state index contributed by atoms with van der Waals surface area (Å²) in [5, 5.41) is 0.682. The highest BCUT2D eigenvalue weighted by Crippen LogP contribution is 1.96. The molecule has 0 aliphatic rings. The Hall–Kier alpha value is -0.170. The number of hydrogen-bond acceptors (Lipinski definition) is 1. The van der Waals surface area contributed by atoms with Gasteiger partial charge in [-0.15, -0.1) is 0 Å². The van der Waals surface area contributed by atoms with Crippen molar-refractivity contribution >= 4 is 11.6 Å². The minimum Gasteiger partial charge on any atom is -0.500 e. The van der Waals surface area contributed by atoms with Crippen LogP contribution in [0.1, 0.15) is 13.8 Å². The van der Waals surface area contributed by atoms with Crippen LogP contribution in [0.4, 0.5) is 0 Å². The molecule has 0 saturated heterocycles. The molecule has 0 aromatic carbocycles. The predicted molar refractivity (Wildman–Crippen MR) is 31.2 cm³/mol. The molecule has 0 heterocycles. The van der Waals surface area contributed by atoms with Gasteiger partial charge >= 0.3 is 0 Å². The largest absolute Gasteiger partial charge is 0.500 e.